The summed E-state index contributed by atoms with van der Waals surface area (Å²) >= 11 is 0. The minimum Gasteiger partial charge on any atom is -0.370 e. The maximum Gasteiger partial charge on any atom is 0.401 e. The van der Waals surface area contributed by atoms with Crippen molar-refractivity contribution >= 4 is 5.82 Å². The van der Waals surface area contributed by atoms with Gasteiger partial charge in [-0.1, -0.05) is 13.0 Å². The molecule has 0 saturated heterocycles. The number of anilines is 1. The molecule has 1 aromatic rings. The maximum absolute atomic E-state index is 12.2. The van der Waals surface area contributed by atoms with Gasteiger partial charge in [-0.3, -0.25) is 4.90 Å². The first-order chi connectivity index (χ1) is 8.42. The Morgan fingerprint density at radius 1 is 1.39 bits per heavy atom. The zero-order chi connectivity index (χ0) is 13.6. The van der Waals surface area contributed by atoms with Gasteiger partial charge in [0.1, 0.15) is 5.82 Å². The number of nitrogens with one attached hydrogen (secondary N) is 1. The van der Waals surface area contributed by atoms with Crippen molar-refractivity contribution in [1.29, 1.82) is 0 Å². The number of rotatable bonds is 6. The molecule has 0 saturated carbocycles. The fraction of sp³-hybridized carbons (Fsp3) is 0.583. The molecular formula is C12H18F3N3. The zero-order valence-electron chi connectivity index (χ0n) is 10.6. The lowest BCUT2D eigenvalue weighted by atomic mass is 10.2. The van der Waals surface area contributed by atoms with Crippen molar-refractivity contribution in [2.75, 3.05) is 25.5 Å². The number of alkyl halides is 3. The maximum atomic E-state index is 12.2. The monoisotopic (exact) mass is 261 g/mol. The Morgan fingerprint density at radius 2 is 2.11 bits per heavy atom. The molecule has 1 aromatic heterocycles. The predicted octanol–water partition coefficient (Wildman–Crippen LogP) is 2.90. The van der Waals surface area contributed by atoms with Gasteiger partial charge in [0.05, 0.1) is 6.54 Å². The van der Waals surface area contributed by atoms with Crippen LogP contribution in [0.4, 0.5) is 19.0 Å². The van der Waals surface area contributed by atoms with Crippen molar-refractivity contribution in [3.05, 3.63) is 23.9 Å². The molecule has 0 bridgehead atoms. The van der Waals surface area contributed by atoms with Gasteiger partial charge in [-0.2, -0.15) is 13.2 Å². The third-order valence-corrected chi connectivity index (χ3v) is 2.32. The largest absolute Gasteiger partial charge is 0.401 e. The molecule has 0 atom stereocenters. The van der Waals surface area contributed by atoms with Crippen molar-refractivity contribution in [2.45, 2.75) is 26.1 Å². The summed E-state index contributed by atoms with van der Waals surface area (Å²) in [7, 11) is 1.45. The van der Waals surface area contributed by atoms with E-state index in [1.807, 2.05) is 6.92 Å². The lowest BCUT2D eigenvalue weighted by Gasteiger charge is -2.20. The molecule has 0 aliphatic rings. The van der Waals surface area contributed by atoms with Crippen LogP contribution in [0.2, 0.25) is 0 Å². The number of pyridine rings is 1. The highest BCUT2D eigenvalue weighted by Crippen LogP contribution is 2.19. The Bertz CT molecular complexity index is 366. The minimum absolute atomic E-state index is 0.222. The molecule has 1 heterocycles. The van der Waals surface area contributed by atoms with Gasteiger partial charge in [0, 0.05) is 24.8 Å². The molecule has 102 valence electrons. The van der Waals surface area contributed by atoms with E-state index in [1.165, 1.54) is 11.9 Å². The number of hydrogen-bond acceptors (Lipinski definition) is 3. The number of aromatic nitrogens is 1. The Hall–Kier alpha value is -1.30. The van der Waals surface area contributed by atoms with E-state index in [4.69, 9.17) is 0 Å². The zero-order valence-corrected chi connectivity index (χ0v) is 10.6. The van der Waals surface area contributed by atoms with Gasteiger partial charge in [-0.25, -0.2) is 4.98 Å². The summed E-state index contributed by atoms with van der Waals surface area (Å²) in [4.78, 5) is 5.38. The molecule has 0 unspecified atom stereocenters. The summed E-state index contributed by atoms with van der Waals surface area (Å²) in [6, 6.07) is 3.52. The van der Waals surface area contributed by atoms with Crippen molar-refractivity contribution in [1.82, 2.24) is 9.88 Å². The Kier molecular flexibility index (Phi) is 5.40. The van der Waals surface area contributed by atoms with E-state index in [0.29, 0.717) is 5.82 Å². The molecule has 0 amide bonds. The molecule has 18 heavy (non-hydrogen) atoms. The number of hydrogen-bond donors (Lipinski definition) is 1. The molecular weight excluding hydrogens is 243 g/mol. The lowest BCUT2D eigenvalue weighted by Crippen LogP contribution is -2.30. The molecule has 0 radical (unpaired) electrons. The van der Waals surface area contributed by atoms with Gasteiger partial charge in [0.15, 0.2) is 0 Å². The van der Waals surface area contributed by atoms with E-state index in [9.17, 15) is 13.2 Å². The average molecular weight is 261 g/mol. The third kappa shape index (κ3) is 5.35. The van der Waals surface area contributed by atoms with Crippen LogP contribution in [0.15, 0.2) is 18.3 Å². The second-order valence-corrected chi connectivity index (χ2v) is 4.23. The minimum atomic E-state index is -4.17. The van der Waals surface area contributed by atoms with Crippen LogP contribution in [0, 0.1) is 0 Å². The van der Waals surface area contributed by atoms with Gasteiger partial charge in [0.2, 0.25) is 0 Å². The highest BCUT2D eigenvalue weighted by molar-refractivity contribution is 5.43. The van der Waals surface area contributed by atoms with E-state index in [0.717, 1.165) is 18.5 Å². The molecule has 1 rings (SSSR count). The second kappa shape index (κ2) is 6.58. The first-order valence-electron chi connectivity index (χ1n) is 5.85. The summed E-state index contributed by atoms with van der Waals surface area (Å²) in [5, 5.41) is 3.11. The first kappa shape index (κ1) is 14.8. The first-order valence-corrected chi connectivity index (χ1v) is 5.85. The van der Waals surface area contributed by atoms with Crippen LogP contribution in [-0.2, 0) is 6.54 Å². The van der Waals surface area contributed by atoms with Crippen molar-refractivity contribution in [3.63, 3.8) is 0 Å². The lowest BCUT2D eigenvalue weighted by molar-refractivity contribution is -0.144. The Morgan fingerprint density at radius 3 is 2.72 bits per heavy atom. The van der Waals surface area contributed by atoms with Crippen molar-refractivity contribution in [3.8, 4) is 0 Å². The van der Waals surface area contributed by atoms with Crippen LogP contribution in [-0.4, -0.2) is 36.2 Å². The number of nitrogens with zero attached hydrogens (tertiary/aromatic N) is 2. The topological polar surface area (TPSA) is 28.2 Å². The molecule has 0 fully saturated rings. The van der Waals surface area contributed by atoms with Crippen LogP contribution in [0.3, 0.4) is 0 Å². The molecule has 0 aliphatic heterocycles. The van der Waals surface area contributed by atoms with Crippen LogP contribution >= 0.6 is 0 Å². The predicted molar refractivity (Wildman–Crippen MR) is 65.4 cm³/mol. The molecule has 0 aromatic carbocycles. The van der Waals surface area contributed by atoms with E-state index < -0.39 is 12.7 Å². The Labute approximate surface area is 105 Å². The van der Waals surface area contributed by atoms with Gasteiger partial charge in [0.25, 0.3) is 0 Å². The highest BCUT2D eigenvalue weighted by atomic mass is 19.4. The van der Waals surface area contributed by atoms with Crippen molar-refractivity contribution < 1.29 is 13.2 Å². The normalized spacial score (nSPS) is 11.9. The van der Waals surface area contributed by atoms with Gasteiger partial charge < -0.3 is 5.32 Å². The van der Waals surface area contributed by atoms with Crippen molar-refractivity contribution in [2.24, 2.45) is 0 Å². The molecule has 1 N–H and O–H groups in total. The van der Waals surface area contributed by atoms with E-state index >= 15 is 0 Å². The van der Waals surface area contributed by atoms with E-state index in [2.05, 4.69) is 10.3 Å². The number of halogens is 3. The summed E-state index contributed by atoms with van der Waals surface area (Å²) < 4.78 is 36.7. The van der Waals surface area contributed by atoms with Crippen LogP contribution in [0.1, 0.15) is 18.9 Å². The molecule has 3 nitrogen and oxygen atoms in total. The van der Waals surface area contributed by atoms with Crippen LogP contribution in [0.5, 0.6) is 0 Å². The fourth-order valence-corrected chi connectivity index (χ4v) is 1.62. The van der Waals surface area contributed by atoms with Crippen LogP contribution < -0.4 is 5.32 Å². The smallest absolute Gasteiger partial charge is 0.370 e. The summed E-state index contributed by atoms with van der Waals surface area (Å²) in [6.45, 7) is 2.08. The summed E-state index contributed by atoms with van der Waals surface area (Å²) in [5.74, 6) is 0.661. The highest BCUT2D eigenvalue weighted by Gasteiger charge is 2.29. The summed E-state index contributed by atoms with van der Waals surface area (Å²) in [5.41, 5.74) is 0.776. The average Bonchev–Trinajstić information content (AvgIpc) is 2.25. The quantitative estimate of drug-likeness (QED) is 0.853. The van der Waals surface area contributed by atoms with Gasteiger partial charge in [-0.05, 0) is 19.5 Å². The second-order valence-electron chi connectivity index (χ2n) is 4.23. The summed E-state index contributed by atoms with van der Waals surface area (Å²) in [6.07, 6.45) is -1.60. The van der Waals surface area contributed by atoms with Gasteiger partial charge in [-0.15, -0.1) is 0 Å². The molecule has 0 spiro atoms. The third-order valence-electron chi connectivity index (χ3n) is 2.32. The van der Waals surface area contributed by atoms with E-state index in [1.54, 1.807) is 18.3 Å². The van der Waals surface area contributed by atoms with E-state index in [-0.39, 0.29) is 6.54 Å². The fourth-order valence-electron chi connectivity index (χ4n) is 1.62. The SMILES string of the molecule is CCCNc1ncccc1CN(C)CC(F)(F)F. The Balaban J connectivity index is 2.65. The van der Waals surface area contributed by atoms with Crippen LogP contribution in [0.25, 0.3) is 0 Å². The molecule has 0 aliphatic carbocycles. The molecule has 6 heteroatoms. The van der Waals surface area contributed by atoms with Gasteiger partial charge >= 0.3 is 6.18 Å². The standard InChI is InChI=1S/C12H18F3N3/c1-3-6-16-11-10(5-4-7-17-11)8-18(2)9-12(13,14)15/h4-5,7H,3,6,8-9H2,1-2H3,(H,16,17).